The number of hydrogen-bond donors (Lipinski definition) is 2. The molecule has 2 aromatic rings. The average Bonchev–Trinajstić information content (AvgIpc) is 2.57. The first-order valence-electron chi connectivity index (χ1n) is 8.09. The number of nitrogens with one attached hydrogen (secondary N) is 1. The molecule has 0 saturated heterocycles. The lowest BCUT2D eigenvalue weighted by molar-refractivity contribution is 0.323. The number of nitrogens with zero attached hydrogens (tertiary/aromatic N) is 1. The molecule has 0 spiro atoms. The van der Waals surface area contributed by atoms with Crippen LogP contribution in [0.1, 0.15) is 29.9 Å². The zero-order chi connectivity index (χ0) is 16.9. The van der Waals surface area contributed by atoms with Crippen LogP contribution in [0.5, 0.6) is 5.75 Å². The van der Waals surface area contributed by atoms with Gasteiger partial charge in [-0.05, 0) is 42.5 Å². The summed E-state index contributed by atoms with van der Waals surface area (Å²) in [5.41, 5.74) is 8.44. The summed E-state index contributed by atoms with van der Waals surface area (Å²) in [5.74, 6) is 1.95. The van der Waals surface area contributed by atoms with E-state index in [1.807, 2.05) is 24.3 Å². The molecule has 1 saturated carbocycles. The summed E-state index contributed by atoms with van der Waals surface area (Å²) < 4.78 is 6.45. The Bertz CT molecular complexity index is 713. The Morgan fingerprint density at radius 1 is 1.20 bits per heavy atom. The second kappa shape index (κ2) is 9.25. The van der Waals surface area contributed by atoms with Crippen LogP contribution >= 0.6 is 32.9 Å². The van der Waals surface area contributed by atoms with Crippen molar-refractivity contribution in [3.8, 4) is 5.75 Å². The molecular formula is C19H23Br2N3O. The Balaban J connectivity index is 0.00000225. The molecule has 0 amide bonds. The third kappa shape index (κ3) is 5.22. The highest BCUT2D eigenvalue weighted by molar-refractivity contribution is 9.10. The van der Waals surface area contributed by atoms with E-state index < -0.39 is 0 Å². The van der Waals surface area contributed by atoms with Crippen LogP contribution in [0.3, 0.4) is 0 Å². The van der Waals surface area contributed by atoms with Crippen LogP contribution < -0.4 is 15.8 Å². The molecule has 0 aromatic heterocycles. The number of para-hydroxylation sites is 1. The first-order valence-corrected chi connectivity index (χ1v) is 8.89. The number of methoxy groups -OCH3 is 1. The molecular weight excluding hydrogens is 446 g/mol. The molecule has 2 aromatic carbocycles. The molecule has 3 N–H and O–H groups in total. The lowest BCUT2D eigenvalue weighted by Crippen LogP contribution is -2.46. The van der Waals surface area contributed by atoms with E-state index >= 15 is 0 Å². The van der Waals surface area contributed by atoms with E-state index in [2.05, 4.69) is 50.5 Å². The molecule has 134 valence electrons. The molecule has 0 bridgehead atoms. The number of guanidine groups is 1. The Morgan fingerprint density at radius 2 is 1.88 bits per heavy atom. The number of aliphatic imine (C=N–C) groups is 1. The largest absolute Gasteiger partial charge is 0.496 e. The number of hydrogen-bond acceptors (Lipinski definition) is 2. The standard InChI is InChI=1S/C19H22BrN3O.BrH/c1-24-18-5-3-2-4-14(18)12-22-19(21)23-17-10-15(11-17)13-6-8-16(20)9-7-13;/h2-9,15,17H,10-12H2,1H3,(H3,21,22,23);1H. The minimum atomic E-state index is 0. The molecule has 1 fully saturated rings. The van der Waals surface area contributed by atoms with Crippen LogP contribution in [-0.4, -0.2) is 19.1 Å². The van der Waals surface area contributed by atoms with Crippen molar-refractivity contribution < 1.29 is 4.74 Å². The van der Waals surface area contributed by atoms with Gasteiger partial charge in [0.1, 0.15) is 5.75 Å². The van der Waals surface area contributed by atoms with E-state index in [9.17, 15) is 0 Å². The van der Waals surface area contributed by atoms with Crippen molar-refractivity contribution in [2.24, 2.45) is 10.7 Å². The molecule has 3 rings (SSSR count). The monoisotopic (exact) mass is 467 g/mol. The maximum Gasteiger partial charge on any atom is 0.189 e. The number of benzene rings is 2. The van der Waals surface area contributed by atoms with Crippen molar-refractivity contribution in [1.82, 2.24) is 5.32 Å². The second-order valence-corrected chi connectivity index (χ2v) is 6.99. The van der Waals surface area contributed by atoms with Crippen LogP contribution in [0.4, 0.5) is 0 Å². The van der Waals surface area contributed by atoms with Gasteiger partial charge in [-0.1, -0.05) is 46.3 Å². The Kier molecular flexibility index (Phi) is 7.32. The van der Waals surface area contributed by atoms with E-state index in [0.29, 0.717) is 24.5 Å². The van der Waals surface area contributed by atoms with Gasteiger partial charge < -0.3 is 15.8 Å². The van der Waals surface area contributed by atoms with Gasteiger partial charge in [0.25, 0.3) is 0 Å². The highest BCUT2D eigenvalue weighted by Crippen LogP contribution is 2.37. The molecule has 0 unspecified atom stereocenters. The lowest BCUT2D eigenvalue weighted by atomic mass is 9.76. The molecule has 4 nitrogen and oxygen atoms in total. The van der Waals surface area contributed by atoms with Gasteiger partial charge in [0.2, 0.25) is 0 Å². The molecule has 1 aliphatic rings. The minimum Gasteiger partial charge on any atom is -0.496 e. The fraction of sp³-hybridized carbons (Fsp3) is 0.316. The molecule has 0 radical (unpaired) electrons. The maximum atomic E-state index is 6.02. The van der Waals surface area contributed by atoms with Crippen LogP contribution in [0.25, 0.3) is 0 Å². The lowest BCUT2D eigenvalue weighted by Gasteiger charge is -2.36. The van der Waals surface area contributed by atoms with Crippen molar-refractivity contribution in [2.45, 2.75) is 31.3 Å². The van der Waals surface area contributed by atoms with Gasteiger partial charge in [0.15, 0.2) is 5.96 Å². The van der Waals surface area contributed by atoms with Crippen LogP contribution in [0, 0.1) is 0 Å². The first kappa shape index (κ1) is 19.8. The second-order valence-electron chi connectivity index (χ2n) is 6.07. The van der Waals surface area contributed by atoms with Crippen LogP contribution in [0.2, 0.25) is 0 Å². The average molecular weight is 469 g/mol. The Morgan fingerprint density at radius 3 is 2.56 bits per heavy atom. The third-order valence-electron chi connectivity index (χ3n) is 4.44. The summed E-state index contributed by atoms with van der Waals surface area (Å²) in [7, 11) is 1.67. The SMILES string of the molecule is Br.COc1ccccc1CN=C(N)NC1CC(c2ccc(Br)cc2)C1. The van der Waals surface area contributed by atoms with Crippen molar-refractivity contribution in [1.29, 1.82) is 0 Å². The number of nitrogens with two attached hydrogens (primary N) is 1. The van der Waals surface area contributed by atoms with Crippen molar-refractivity contribution >= 4 is 38.9 Å². The quantitative estimate of drug-likeness (QED) is 0.505. The minimum absolute atomic E-state index is 0. The molecule has 25 heavy (non-hydrogen) atoms. The van der Waals surface area contributed by atoms with E-state index in [1.54, 1.807) is 7.11 Å². The third-order valence-corrected chi connectivity index (χ3v) is 4.97. The zero-order valence-corrected chi connectivity index (χ0v) is 17.4. The van der Waals surface area contributed by atoms with Gasteiger partial charge in [0.05, 0.1) is 13.7 Å². The highest BCUT2D eigenvalue weighted by Gasteiger charge is 2.30. The predicted molar refractivity (Wildman–Crippen MR) is 112 cm³/mol. The van der Waals surface area contributed by atoms with Gasteiger partial charge in [-0.3, -0.25) is 0 Å². The number of halogens is 2. The molecule has 0 heterocycles. The Hall–Kier alpha value is -1.53. The molecule has 6 heteroatoms. The fourth-order valence-corrected chi connectivity index (χ4v) is 3.27. The molecule has 1 aliphatic carbocycles. The topological polar surface area (TPSA) is 59.6 Å². The Labute approximate surface area is 167 Å². The predicted octanol–water partition coefficient (Wildman–Crippen LogP) is 4.39. The van der Waals surface area contributed by atoms with E-state index in [1.165, 1.54) is 5.56 Å². The summed E-state index contributed by atoms with van der Waals surface area (Å²) in [4.78, 5) is 4.43. The highest BCUT2D eigenvalue weighted by atomic mass is 79.9. The van der Waals surface area contributed by atoms with Crippen LogP contribution in [0.15, 0.2) is 58.0 Å². The number of rotatable bonds is 5. The van der Waals surface area contributed by atoms with Gasteiger partial charge in [-0.2, -0.15) is 0 Å². The smallest absolute Gasteiger partial charge is 0.189 e. The number of ether oxygens (including phenoxy) is 1. The molecule has 0 aliphatic heterocycles. The van der Waals surface area contributed by atoms with E-state index in [4.69, 9.17) is 10.5 Å². The summed E-state index contributed by atoms with van der Waals surface area (Å²) >= 11 is 3.47. The van der Waals surface area contributed by atoms with E-state index in [0.717, 1.165) is 28.6 Å². The molecule has 0 atom stereocenters. The van der Waals surface area contributed by atoms with Gasteiger partial charge in [0, 0.05) is 16.1 Å². The van der Waals surface area contributed by atoms with Gasteiger partial charge in [-0.25, -0.2) is 4.99 Å². The summed E-state index contributed by atoms with van der Waals surface area (Å²) in [6.45, 7) is 0.520. The van der Waals surface area contributed by atoms with E-state index in [-0.39, 0.29) is 17.0 Å². The van der Waals surface area contributed by atoms with Crippen molar-refractivity contribution in [3.05, 3.63) is 64.1 Å². The van der Waals surface area contributed by atoms with Gasteiger partial charge in [-0.15, -0.1) is 17.0 Å². The first-order chi connectivity index (χ1) is 11.7. The normalized spacial score (nSPS) is 19.5. The fourth-order valence-electron chi connectivity index (χ4n) is 3.00. The summed E-state index contributed by atoms with van der Waals surface area (Å²) in [6.07, 6.45) is 2.18. The van der Waals surface area contributed by atoms with Gasteiger partial charge >= 0.3 is 0 Å². The van der Waals surface area contributed by atoms with Crippen molar-refractivity contribution in [3.63, 3.8) is 0 Å². The van der Waals surface area contributed by atoms with Crippen molar-refractivity contribution in [2.75, 3.05) is 7.11 Å². The summed E-state index contributed by atoms with van der Waals surface area (Å²) in [5, 5.41) is 3.31. The maximum absolute atomic E-state index is 6.02. The zero-order valence-electron chi connectivity index (χ0n) is 14.1. The van der Waals surface area contributed by atoms with Crippen LogP contribution in [-0.2, 0) is 6.54 Å². The summed E-state index contributed by atoms with van der Waals surface area (Å²) in [6, 6.07) is 16.8.